The fraction of sp³-hybridized carbons (Fsp3) is 0.500. The Hall–Kier alpha value is -1.60. The highest BCUT2D eigenvalue weighted by molar-refractivity contribution is 5.24. The van der Waals surface area contributed by atoms with E-state index in [9.17, 15) is 0 Å². The highest BCUT2D eigenvalue weighted by atomic mass is 16.5. The zero-order valence-electron chi connectivity index (χ0n) is 9.10. The number of ether oxygens (including phenoxy) is 1. The van der Waals surface area contributed by atoms with Gasteiger partial charge in [-0.3, -0.25) is 0 Å². The first kappa shape index (κ1) is 10.9. The van der Waals surface area contributed by atoms with Crippen molar-refractivity contribution in [2.45, 2.75) is 37.8 Å². The lowest BCUT2D eigenvalue weighted by atomic mass is 9.94. The second kappa shape index (κ2) is 4.95. The number of pyridine rings is 1. The van der Waals surface area contributed by atoms with Crippen LogP contribution in [0.25, 0.3) is 0 Å². The molecule has 2 N–H and O–H groups in total. The van der Waals surface area contributed by atoms with Crippen molar-refractivity contribution >= 4 is 0 Å². The first-order valence-corrected chi connectivity index (χ1v) is 5.57. The van der Waals surface area contributed by atoms with Gasteiger partial charge >= 0.3 is 0 Å². The first-order valence-electron chi connectivity index (χ1n) is 5.57. The lowest BCUT2D eigenvalue weighted by Gasteiger charge is -2.26. The van der Waals surface area contributed by atoms with Crippen LogP contribution < -0.4 is 10.5 Å². The summed E-state index contributed by atoms with van der Waals surface area (Å²) in [7, 11) is 0. The third-order valence-electron chi connectivity index (χ3n) is 2.79. The third kappa shape index (κ3) is 2.71. The monoisotopic (exact) mass is 217 g/mol. The van der Waals surface area contributed by atoms with Crippen molar-refractivity contribution in [3.05, 3.63) is 23.9 Å². The quantitative estimate of drug-likeness (QED) is 0.816. The van der Waals surface area contributed by atoms with E-state index in [1.54, 1.807) is 18.2 Å². The van der Waals surface area contributed by atoms with Gasteiger partial charge < -0.3 is 10.5 Å². The molecule has 16 heavy (non-hydrogen) atoms. The Morgan fingerprint density at radius 3 is 3.06 bits per heavy atom. The summed E-state index contributed by atoms with van der Waals surface area (Å²) in [6.45, 7) is 0. The van der Waals surface area contributed by atoms with Gasteiger partial charge in [0.2, 0.25) is 5.88 Å². The van der Waals surface area contributed by atoms with E-state index in [1.807, 2.05) is 6.07 Å². The molecule has 1 saturated carbocycles. The van der Waals surface area contributed by atoms with Crippen LogP contribution in [-0.4, -0.2) is 17.1 Å². The molecule has 1 heterocycles. The smallest absolute Gasteiger partial charge is 0.214 e. The summed E-state index contributed by atoms with van der Waals surface area (Å²) in [5.74, 6) is 0.526. The summed E-state index contributed by atoms with van der Waals surface area (Å²) >= 11 is 0. The first-order chi connectivity index (χ1) is 7.78. The van der Waals surface area contributed by atoms with Crippen LogP contribution in [0, 0.1) is 11.3 Å². The minimum atomic E-state index is 0.144. The predicted octanol–water partition coefficient (Wildman–Crippen LogP) is 1.60. The summed E-state index contributed by atoms with van der Waals surface area (Å²) < 4.78 is 5.73. The average Bonchev–Trinajstić information content (AvgIpc) is 2.29. The van der Waals surface area contributed by atoms with E-state index in [2.05, 4.69) is 4.98 Å². The normalized spacial score (nSPS) is 24.8. The van der Waals surface area contributed by atoms with Crippen molar-refractivity contribution in [2.75, 3.05) is 0 Å². The maximum atomic E-state index is 8.72. The van der Waals surface area contributed by atoms with Crippen molar-refractivity contribution in [3.63, 3.8) is 0 Å². The van der Waals surface area contributed by atoms with Crippen molar-refractivity contribution in [1.29, 1.82) is 5.26 Å². The number of rotatable bonds is 2. The molecule has 1 fully saturated rings. The molecule has 2 rings (SSSR count). The fourth-order valence-electron chi connectivity index (χ4n) is 2.00. The standard InChI is InChI=1S/C12H15N3O/c13-8-10-4-2-6-12(15-10)16-11-5-1-3-9(14)7-11/h2,4,6,9,11H,1,3,5,7,14H2. The Bertz CT molecular complexity index is 399. The van der Waals surface area contributed by atoms with Crippen LogP contribution in [-0.2, 0) is 0 Å². The number of nitriles is 1. The van der Waals surface area contributed by atoms with E-state index in [4.69, 9.17) is 15.7 Å². The third-order valence-corrected chi connectivity index (χ3v) is 2.79. The van der Waals surface area contributed by atoms with Gasteiger partial charge in [0.15, 0.2) is 0 Å². The molecule has 0 spiro atoms. The zero-order chi connectivity index (χ0) is 11.4. The molecule has 4 heteroatoms. The summed E-state index contributed by atoms with van der Waals surface area (Å²) in [5, 5.41) is 8.72. The molecule has 1 aromatic rings. The van der Waals surface area contributed by atoms with Gasteiger partial charge in [-0.2, -0.15) is 5.26 Å². The number of nitrogens with zero attached hydrogens (tertiary/aromatic N) is 2. The predicted molar refractivity (Wildman–Crippen MR) is 59.8 cm³/mol. The van der Waals surface area contributed by atoms with Crippen LogP contribution in [0.2, 0.25) is 0 Å². The molecule has 1 aromatic heterocycles. The molecule has 0 amide bonds. The van der Waals surface area contributed by atoms with E-state index in [-0.39, 0.29) is 12.1 Å². The second-order valence-corrected chi connectivity index (χ2v) is 4.14. The molecular weight excluding hydrogens is 202 g/mol. The molecule has 84 valence electrons. The zero-order valence-corrected chi connectivity index (χ0v) is 9.10. The highest BCUT2D eigenvalue weighted by Crippen LogP contribution is 2.21. The van der Waals surface area contributed by atoms with E-state index in [0.717, 1.165) is 25.7 Å². The van der Waals surface area contributed by atoms with Crippen molar-refractivity contribution < 1.29 is 4.74 Å². The van der Waals surface area contributed by atoms with E-state index < -0.39 is 0 Å². The summed E-state index contributed by atoms with van der Waals surface area (Å²) in [6, 6.07) is 7.46. The fourth-order valence-corrected chi connectivity index (χ4v) is 2.00. The Kier molecular flexibility index (Phi) is 3.37. The van der Waals surface area contributed by atoms with Gasteiger partial charge in [0.05, 0.1) is 0 Å². The Morgan fingerprint density at radius 1 is 1.44 bits per heavy atom. The molecule has 1 aliphatic carbocycles. The molecule has 1 aliphatic rings. The molecule has 0 radical (unpaired) electrons. The van der Waals surface area contributed by atoms with Gasteiger partial charge in [0.25, 0.3) is 0 Å². The lowest BCUT2D eigenvalue weighted by Crippen LogP contribution is -2.33. The van der Waals surface area contributed by atoms with Gasteiger partial charge in [-0.05, 0) is 31.7 Å². The number of aromatic nitrogens is 1. The summed E-state index contributed by atoms with van der Waals surface area (Å²) in [4.78, 5) is 4.09. The SMILES string of the molecule is N#Cc1cccc(OC2CCCC(N)C2)n1. The van der Waals surface area contributed by atoms with E-state index in [0.29, 0.717) is 11.6 Å². The van der Waals surface area contributed by atoms with Gasteiger partial charge in [-0.25, -0.2) is 4.98 Å². The van der Waals surface area contributed by atoms with Gasteiger partial charge in [-0.15, -0.1) is 0 Å². The van der Waals surface area contributed by atoms with Gasteiger partial charge in [-0.1, -0.05) is 6.07 Å². The lowest BCUT2D eigenvalue weighted by molar-refractivity contribution is 0.138. The Morgan fingerprint density at radius 2 is 2.31 bits per heavy atom. The van der Waals surface area contributed by atoms with Gasteiger partial charge in [0.1, 0.15) is 17.9 Å². The summed E-state index contributed by atoms with van der Waals surface area (Å²) in [5.41, 5.74) is 6.27. The molecule has 4 nitrogen and oxygen atoms in total. The van der Waals surface area contributed by atoms with Crippen LogP contribution in [0.15, 0.2) is 18.2 Å². The maximum absolute atomic E-state index is 8.72. The van der Waals surface area contributed by atoms with Crippen LogP contribution in [0.5, 0.6) is 5.88 Å². The van der Waals surface area contributed by atoms with Crippen molar-refractivity contribution in [1.82, 2.24) is 4.98 Å². The van der Waals surface area contributed by atoms with Crippen LogP contribution in [0.1, 0.15) is 31.4 Å². The molecule has 0 saturated heterocycles. The molecule has 0 bridgehead atoms. The Labute approximate surface area is 95.0 Å². The second-order valence-electron chi connectivity index (χ2n) is 4.14. The number of nitrogens with two attached hydrogens (primary N) is 1. The van der Waals surface area contributed by atoms with E-state index >= 15 is 0 Å². The van der Waals surface area contributed by atoms with Crippen molar-refractivity contribution in [3.8, 4) is 11.9 Å². The molecule has 2 unspecified atom stereocenters. The maximum Gasteiger partial charge on any atom is 0.214 e. The summed E-state index contributed by atoms with van der Waals surface area (Å²) in [6.07, 6.45) is 4.21. The van der Waals surface area contributed by atoms with E-state index in [1.165, 1.54) is 0 Å². The molecule has 2 atom stereocenters. The minimum absolute atomic E-state index is 0.144. The van der Waals surface area contributed by atoms with Crippen LogP contribution in [0.4, 0.5) is 0 Å². The number of hydrogen-bond acceptors (Lipinski definition) is 4. The van der Waals surface area contributed by atoms with Crippen molar-refractivity contribution in [2.24, 2.45) is 5.73 Å². The number of hydrogen-bond donors (Lipinski definition) is 1. The Balaban J connectivity index is 2.00. The molecular formula is C12H15N3O. The topological polar surface area (TPSA) is 71.9 Å². The largest absolute Gasteiger partial charge is 0.474 e. The van der Waals surface area contributed by atoms with Crippen LogP contribution in [0.3, 0.4) is 0 Å². The average molecular weight is 217 g/mol. The molecule has 0 aromatic carbocycles. The molecule has 0 aliphatic heterocycles. The highest BCUT2D eigenvalue weighted by Gasteiger charge is 2.20. The minimum Gasteiger partial charge on any atom is -0.474 e. The van der Waals surface area contributed by atoms with Crippen LogP contribution >= 0.6 is 0 Å². The van der Waals surface area contributed by atoms with Gasteiger partial charge in [0, 0.05) is 12.1 Å².